The van der Waals surface area contributed by atoms with Gasteiger partial charge in [-0.25, -0.2) is 0 Å². The van der Waals surface area contributed by atoms with Gasteiger partial charge in [-0.15, -0.1) is 0 Å². The van der Waals surface area contributed by atoms with E-state index in [4.69, 9.17) is 0 Å². The summed E-state index contributed by atoms with van der Waals surface area (Å²) in [5.41, 5.74) is 1.50. The smallest absolute Gasteiger partial charge is 0.0281 e. The van der Waals surface area contributed by atoms with Crippen molar-refractivity contribution in [1.82, 2.24) is 5.32 Å². The first-order chi connectivity index (χ1) is 9.21. The Morgan fingerprint density at radius 1 is 1.37 bits per heavy atom. The summed E-state index contributed by atoms with van der Waals surface area (Å²) in [5, 5.41) is 3.79. The summed E-state index contributed by atoms with van der Waals surface area (Å²) in [6.45, 7) is 1.21. The molecule has 2 saturated carbocycles. The van der Waals surface area contributed by atoms with E-state index in [2.05, 4.69) is 63.5 Å². The van der Waals surface area contributed by atoms with Gasteiger partial charge in [0.25, 0.3) is 0 Å². The fourth-order valence-corrected chi connectivity index (χ4v) is 4.51. The first-order valence-electron chi connectivity index (χ1n) is 7.25. The van der Waals surface area contributed by atoms with Gasteiger partial charge in [0.2, 0.25) is 0 Å². The van der Waals surface area contributed by atoms with Crippen LogP contribution < -0.4 is 5.32 Å². The van der Waals surface area contributed by atoms with Crippen molar-refractivity contribution in [3.8, 4) is 0 Å². The highest BCUT2D eigenvalue weighted by molar-refractivity contribution is 9.10. The van der Waals surface area contributed by atoms with Gasteiger partial charge in [0.1, 0.15) is 0 Å². The highest BCUT2D eigenvalue weighted by atomic mass is 79.9. The second kappa shape index (κ2) is 5.79. The van der Waals surface area contributed by atoms with Gasteiger partial charge < -0.3 is 5.32 Å². The summed E-state index contributed by atoms with van der Waals surface area (Å²) in [4.78, 5) is 0. The van der Waals surface area contributed by atoms with E-state index >= 15 is 0 Å². The molecule has 0 bridgehead atoms. The molecule has 1 aromatic rings. The van der Waals surface area contributed by atoms with Crippen molar-refractivity contribution in [1.29, 1.82) is 0 Å². The van der Waals surface area contributed by atoms with Gasteiger partial charge in [-0.05, 0) is 55.6 Å². The van der Waals surface area contributed by atoms with E-state index in [1.54, 1.807) is 0 Å². The van der Waals surface area contributed by atoms with Crippen molar-refractivity contribution in [2.24, 2.45) is 0 Å². The molecule has 0 saturated heterocycles. The van der Waals surface area contributed by atoms with Crippen LogP contribution in [0, 0.1) is 0 Å². The minimum absolute atomic E-state index is 0.570. The van der Waals surface area contributed by atoms with Crippen LogP contribution in [0.15, 0.2) is 28.7 Å². The second-order valence-corrected chi connectivity index (χ2v) is 8.23. The van der Waals surface area contributed by atoms with Crippen LogP contribution in [0.1, 0.15) is 43.6 Å². The standard InChI is InChI=1S/C16H22BrNS/c1-19-16(6-3-7-16)11-18-15-9-13(10-15)12-4-2-5-14(17)8-12/h2,4-5,8,13,15,18H,3,6-7,9-11H2,1H3. The number of rotatable bonds is 5. The Balaban J connectivity index is 1.45. The SMILES string of the molecule is CSC1(CNC2CC(c3cccc(Br)c3)C2)CCC1. The summed E-state index contributed by atoms with van der Waals surface area (Å²) >= 11 is 5.63. The molecule has 3 rings (SSSR count). The molecule has 104 valence electrons. The molecule has 2 aliphatic carbocycles. The zero-order valence-electron chi connectivity index (χ0n) is 11.5. The topological polar surface area (TPSA) is 12.0 Å². The van der Waals surface area contributed by atoms with Crippen molar-refractivity contribution in [2.75, 3.05) is 12.8 Å². The number of hydrogen-bond acceptors (Lipinski definition) is 2. The van der Waals surface area contributed by atoms with E-state index in [1.165, 1.54) is 48.7 Å². The molecule has 0 radical (unpaired) electrons. The first kappa shape index (κ1) is 14.0. The molecule has 0 spiro atoms. The molecule has 0 unspecified atom stereocenters. The molecule has 1 N–H and O–H groups in total. The van der Waals surface area contributed by atoms with E-state index < -0.39 is 0 Å². The number of hydrogen-bond donors (Lipinski definition) is 1. The molecule has 0 heterocycles. The van der Waals surface area contributed by atoms with Crippen LogP contribution in [-0.4, -0.2) is 23.6 Å². The number of benzene rings is 1. The average Bonchev–Trinajstić information content (AvgIpc) is 2.30. The molecule has 1 aromatic carbocycles. The third kappa shape index (κ3) is 3.03. The fourth-order valence-electron chi connectivity index (χ4n) is 3.17. The van der Waals surface area contributed by atoms with Crippen LogP contribution >= 0.6 is 27.7 Å². The van der Waals surface area contributed by atoms with Crippen molar-refractivity contribution in [3.63, 3.8) is 0 Å². The zero-order chi connectivity index (χ0) is 13.3. The summed E-state index contributed by atoms with van der Waals surface area (Å²) in [6.07, 6.45) is 9.12. The van der Waals surface area contributed by atoms with E-state index in [0.717, 1.165) is 12.0 Å². The quantitative estimate of drug-likeness (QED) is 0.843. The van der Waals surface area contributed by atoms with Gasteiger partial charge in [-0.1, -0.05) is 34.5 Å². The van der Waals surface area contributed by atoms with Crippen molar-refractivity contribution in [3.05, 3.63) is 34.3 Å². The largest absolute Gasteiger partial charge is 0.313 e. The Bertz CT molecular complexity index is 433. The van der Waals surface area contributed by atoms with Gasteiger partial charge in [0.15, 0.2) is 0 Å². The monoisotopic (exact) mass is 339 g/mol. The molecule has 0 amide bonds. The molecule has 2 aliphatic rings. The molecule has 1 nitrogen and oxygen atoms in total. The minimum Gasteiger partial charge on any atom is -0.313 e. The lowest BCUT2D eigenvalue weighted by Crippen LogP contribution is -2.49. The summed E-state index contributed by atoms with van der Waals surface area (Å²) < 4.78 is 1.78. The van der Waals surface area contributed by atoms with E-state index in [0.29, 0.717) is 4.75 Å². The Hall–Kier alpha value is 0.01000. The van der Waals surface area contributed by atoms with Gasteiger partial charge in [-0.3, -0.25) is 0 Å². The van der Waals surface area contributed by atoms with E-state index in [-0.39, 0.29) is 0 Å². The summed E-state index contributed by atoms with van der Waals surface area (Å²) in [6, 6.07) is 9.54. The van der Waals surface area contributed by atoms with Gasteiger partial charge >= 0.3 is 0 Å². The highest BCUT2D eigenvalue weighted by Crippen LogP contribution is 2.43. The lowest BCUT2D eigenvalue weighted by Gasteiger charge is -2.44. The predicted octanol–water partition coefficient (Wildman–Crippen LogP) is 4.57. The lowest BCUT2D eigenvalue weighted by molar-refractivity contribution is 0.256. The van der Waals surface area contributed by atoms with Gasteiger partial charge in [0.05, 0.1) is 0 Å². The van der Waals surface area contributed by atoms with Crippen LogP contribution in [0.25, 0.3) is 0 Å². The maximum atomic E-state index is 3.79. The number of halogens is 1. The Kier molecular flexibility index (Phi) is 4.25. The van der Waals surface area contributed by atoms with Crippen LogP contribution in [0.3, 0.4) is 0 Å². The molecular weight excluding hydrogens is 318 g/mol. The molecule has 0 atom stereocenters. The normalized spacial score (nSPS) is 28.5. The van der Waals surface area contributed by atoms with Gasteiger partial charge in [-0.2, -0.15) is 11.8 Å². The lowest BCUT2D eigenvalue weighted by atomic mass is 9.75. The average molecular weight is 340 g/mol. The third-order valence-corrected chi connectivity index (χ3v) is 6.78. The van der Waals surface area contributed by atoms with Crippen LogP contribution in [0.5, 0.6) is 0 Å². The molecular formula is C16H22BrNS. The van der Waals surface area contributed by atoms with Crippen molar-refractivity contribution in [2.45, 2.75) is 48.8 Å². The highest BCUT2D eigenvalue weighted by Gasteiger charge is 2.38. The molecule has 0 aliphatic heterocycles. The van der Waals surface area contributed by atoms with Gasteiger partial charge in [0, 0.05) is 21.8 Å². The Morgan fingerprint density at radius 3 is 2.74 bits per heavy atom. The predicted molar refractivity (Wildman–Crippen MR) is 88.0 cm³/mol. The first-order valence-corrected chi connectivity index (χ1v) is 9.27. The molecule has 2 fully saturated rings. The number of thioether (sulfide) groups is 1. The van der Waals surface area contributed by atoms with E-state index in [1.807, 2.05) is 0 Å². The molecule has 3 heteroatoms. The van der Waals surface area contributed by atoms with Crippen LogP contribution in [-0.2, 0) is 0 Å². The van der Waals surface area contributed by atoms with E-state index in [9.17, 15) is 0 Å². The summed E-state index contributed by atoms with van der Waals surface area (Å²) in [5.74, 6) is 0.765. The maximum absolute atomic E-state index is 3.79. The minimum atomic E-state index is 0.570. The van der Waals surface area contributed by atoms with Crippen molar-refractivity contribution >= 4 is 27.7 Å². The zero-order valence-corrected chi connectivity index (χ0v) is 13.9. The Morgan fingerprint density at radius 2 is 2.16 bits per heavy atom. The molecule has 19 heavy (non-hydrogen) atoms. The number of nitrogens with one attached hydrogen (secondary N) is 1. The van der Waals surface area contributed by atoms with Crippen LogP contribution in [0.2, 0.25) is 0 Å². The summed E-state index contributed by atoms with van der Waals surface area (Å²) in [7, 11) is 0. The van der Waals surface area contributed by atoms with Crippen molar-refractivity contribution < 1.29 is 0 Å². The Labute approximate surface area is 129 Å². The third-order valence-electron chi connectivity index (χ3n) is 4.87. The molecule has 0 aromatic heterocycles. The second-order valence-electron chi connectivity index (χ2n) is 6.04. The van der Waals surface area contributed by atoms with Crippen LogP contribution in [0.4, 0.5) is 0 Å². The fraction of sp³-hybridized carbons (Fsp3) is 0.625. The maximum Gasteiger partial charge on any atom is 0.0281 e.